The molecule has 0 radical (unpaired) electrons. The summed E-state index contributed by atoms with van der Waals surface area (Å²) in [6.45, 7) is 11.7. The Hall–Kier alpha value is -1.43. The van der Waals surface area contributed by atoms with E-state index in [1.54, 1.807) is 0 Å². The summed E-state index contributed by atoms with van der Waals surface area (Å²) in [6.07, 6.45) is -0.286. The van der Waals surface area contributed by atoms with E-state index in [1.807, 2.05) is 24.3 Å². The predicted molar refractivity (Wildman–Crippen MR) is 91.2 cm³/mol. The van der Waals surface area contributed by atoms with E-state index in [9.17, 15) is 5.11 Å². The van der Waals surface area contributed by atoms with Gasteiger partial charge in [-0.15, -0.1) is 0 Å². The van der Waals surface area contributed by atoms with Crippen molar-refractivity contribution in [3.63, 3.8) is 0 Å². The highest BCUT2D eigenvalue weighted by Crippen LogP contribution is 2.21. The second kappa shape index (κ2) is 6.59. The second-order valence-electron chi connectivity index (χ2n) is 7.53. The molecule has 1 saturated heterocycles. The molecule has 1 aliphatic rings. The van der Waals surface area contributed by atoms with Crippen LogP contribution < -0.4 is 0 Å². The number of piperazine rings is 1. The van der Waals surface area contributed by atoms with Gasteiger partial charge in [0, 0.05) is 32.7 Å². The van der Waals surface area contributed by atoms with Crippen LogP contribution in [0, 0.1) is 5.41 Å². The molecule has 2 heterocycles. The SMILES string of the molecule is CC(C)(C)[C@@H](O)CN1CCN(Cc2nc3ccccc3o2)CC1. The van der Waals surface area contributed by atoms with Crippen molar-refractivity contribution < 1.29 is 9.52 Å². The Kier molecular flexibility index (Phi) is 4.71. The number of benzene rings is 1. The first kappa shape index (κ1) is 16.4. The summed E-state index contributed by atoms with van der Waals surface area (Å²) in [5, 5.41) is 10.2. The van der Waals surface area contributed by atoms with Crippen LogP contribution in [0.3, 0.4) is 0 Å². The average molecular weight is 317 g/mol. The lowest BCUT2D eigenvalue weighted by Crippen LogP contribution is -2.49. The van der Waals surface area contributed by atoms with Gasteiger partial charge < -0.3 is 9.52 Å². The van der Waals surface area contributed by atoms with Crippen LogP contribution in [0.5, 0.6) is 0 Å². The number of hydrogen-bond donors (Lipinski definition) is 1. The van der Waals surface area contributed by atoms with Gasteiger partial charge in [-0.05, 0) is 17.5 Å². The second-order valence-corrected chi connectivity index (χ2v) is 7.53. The zero-order chi connectivity index (χ0) is 16.4. The van der Waals surface area contributed by atoms with Gasteiger partial charge in [-0.2, -0.15) is 0 Å². The highest BCUT2D eigenvalue weighted by Gasteiger charge is 2.26. The molecule has 0 aliphatic carbocycles. The third-order valence-electron chi connectivity index (χ3n) is 4.59. The summed E-state index contributed by atoms with van der Waals surface area (Å²) in [6, 6.07) is 7.89. The van der Waals surface area contributed by atoms with Crippen LogP contribution in [0.1, 0.15) is 26.7 Å². The Morgan fingerprint density at radius 2 is 1.78 bits per heavy atom. The number of aliphatic hydroxyl groups is 1. The quantitative estimate of drug-likeness (QED) is 0.938. The van der Waals surface area contributed by atoms with Crippen LogP contribution in [-0.2, 0) is 6.54 Å². The van der Waals surface area contributed by atoms with Gasteiger partial charge in [0.1, 0.15) is 5.52 Å². The lowest BCUT2D eigenvalue weighted by molar-refractivity contribution is 0.0117. The fourth-order valence-corrected chi connectivity index (χ4v) is 2.83. The number of aliphatic hydroxyl groups excluding tert-OH is 1. The number of oxazole rings is 1. The molecule has 1 aromatic carbocycles. The van der Waals surface area contributed by atoms with Crippen LogP contribution in [0.15, 0.2) is 28.7 Å². The molecule has 0 unspecified atom stereocenters. The first-order valence-electron chi connectivity index (χ1n) is 8.39. The lowest BCUT2D eigenvalue weighted by Gasteiger charge is -2.37. The predicted octanol–water partition coefficient (Wildman–Crippen LogP) is 2.35. The average Bonchev–Trinajstić information content (AvgIpc) is 2.90. The Labute approximate surface area is 137 Å². The Balaban J connectivity index is 1.51. The number of aromatic nitrogens is 1. The van der Waals surface area contributed by atoms with Crippen molar-refractivity contribution in [3.8, 4) is 0 Å². The molecule has 23 heavy (non-hydrogen) atoms. The maximum absolute atomic E-state index is 10.2. The normalized spacial score (nSPS) is 19.3. The van der Waals surface area contributed by atoms with Gasteiger partial charge >= 0.3 is 0 Å². The molecule has 1 fully saturated rings. The van der Waals surface area contributed by atoms with Crippen molar-refractivity contribution in [1.29, 1.82) is 0 Å². The first-order chi connectivity index (χ1) is 10.9. The zero-order valence-electron chi connectivity index (χ0n) is 14.3. The number of para-hydroxylation sites is 2. The summed E-state index contributed by atoms with van der Waals surface area (Å²) < 4.78 is 5.80. The van der Waals surface area contributed by atoms with Crippen LogP contribution in [0.2, 0.25) is 0 Å². The number of fused-ring (bicyclic) bond motifs is 1. The number of nitrogens with zero attached hydrogens (tertiary/aromatic N) is 3. The van der Waals surface area contributed by atoms with Gasteiger partial charge in [0.25, 0.3) is 0 Å². The minimum Gasteiger partial charge on any atom is -0.439 e. The minimum absolute atomic E-state index is 0.0602. The van der Waals surface area contributed by atoms with Crippen molar-refractivity contribution in [2.24, 2.45) is 5.41 Å². The summed E-state index contributed by atoms with van der Waals surface area (Å²) in [7, 11) is 0. The van der Waals surface area contributed by atoms with Crippen LogP contribution >= 0.6 is 0 Å². The molecular formula is C18H27N3O2. The smallest absolute Gasteiger partial charge is 0.209 e. The first-order valence-corrected chi connectivity index (χ1v) is 8.39. The van der Waals surface area contributed by atoms with Crippen LogP contribution in [-0.4, -0.2) is 58.7 Å². The highest BCUT2D eigenvalue weighted by atomic mass is 16.3. The van der Waals surface area contributed by atoms with Gasteiger partial charge in [0.15, 0.2) is 5.58 Å². The molecule has 0 amide bonds. The maximum Gasteiger partial charge on any atom is 0.209 e. The molecule has 3 rings (SSSR count). The molecule has 5 nitrogen and oxygen atoms in total. The van der Waals surface area contributed by atoms with Gasteiger partial charge in [0.2, 0.25) is 5.89 Å². The van der Waals surface area contributed by atoms with E-state index in [0.29, 0.717) is 0 Å². The van der Waals surface area contributed by atoms with Crippen molar-refractivity contribution in [3.05, 3.63) is 30.2 Å². The van der Waals surface area contributed by atoms with E-state index in [0.717, 1.165) is 56.3 Å². The van der Waals surface area contributed by atoms with Crippen molar-refractivity contribution in [2.45, 2.75) is 33.4 Å². The fraction of sp³-hybridized carbons (Fsp3) is 0.611. The van der Waals surface area contributed by atoms with Crippen LogP contribution in [0.25, 0.3) is 11.1 Å². The van der Waals surface area contributed by atoms with Gasteiger partial charge in [0.05, 0.1) is 12.6 Å². The Morgan fingerprint density at radius 3 is 2.43 bits per heavy atom. The highest BCUT2D eigenvalue weighted by molar-refractivity contribution is 5.72. The minimum atomic E-state index is -0.286. The Morgan fingerprint density at radius 1 is 1.13 bits per heavy atom. The molecule has 0 bridgehead atoms. The fourth-order valence-electron chi connectivity index (χ4n) is 2.83. The third kappa shape index (κ3) is 4.10. The van der Waals surface area contributed by atoms with Crippen LogP contribution in [0.4, 0.5) is 0 Å². The zero-order valence-corrected chi connectivity index (χ0v) is 14.3. The molecule has 126 valence electrons. The van der Waals surface area contributed by atoms with Crippen molar-refractivity contribution >= 4 is 11.1 Å². The van der Waals surface area contributed by atoms with E-state index in [2.05, 4.69) is 35.6 Å². The Bertz CT molecular complexity index is 606. The van der Waals surface area contributed by atoms with Gasteiger partial charge in [-0.1, -0.05) is 32.9 Å². The van der Waals surface area contributed by atoms with Crippen molar-refractivity contribution in [2.75, 3.05) is 32.7 Å². The summed E-state index contributed by atoms with van der Waals surface area (Å²) in [5.74, 6) is 0.786. The molecule has 1 aromatic heterocycles. The molecule has 2 aromatic rings. The molecule has 0 saturated carbocycles. The molecule has 1 N–H and O–H groups in total. The van der Waals surface area contributed by atoms with Gasteiger partial charge in [-0.3, -0.25) is 9.80 Å². The van der Waals surface area contributed by atoms with Gasteiger partial charge in [-0.25, -0.2) is 4.98 Å². The summed E-state index contributed by atoms with van der Waals surface area (Å²) in [4.78, 5) is 9.26. The van der Waals surface area contributed by atoms with E-state index in [1.165, 1.54) is 0 Å². The number of β-amino-alcohol motifs (C(OH)–C–C–N with tert-alkyl or cyclic N) is 1. The topological polar surface area (TPSA) is 52.7 Å². The van der Waals surface area contributed by atoms with E-state index in [4.69, 9.17) is 4.42 Å². The maximum atomic E-state index is 10.2. The van der Waals surface area contributed by atoms with Crippen molar-refractivity contribution in [1.82, 2.24) is 14.8 Å². The molecular weight excluding hydrogens is 290 g/mol. The summed E-state index contributed by atoms with van der Waals surface area (Å²) in [5.41, 5.74) is 1.72. The summed E-state index contributed by atoms with van der Waals surface area (Å²) >= 11 is 0. The monoisotopic (exact) mass is 317 g/mol. The van der Waals surface area contributed by atoms with E-state index in [-0.39, 0.29) is 11.5 Å². The third-order valence-corrected chi connectivity index (χ3v) is 4.59. The molecule has 1 atom stereocenters. The lowest BCUT2D eigenvalue weighted by atomic mass is 9.89. The largest absolute Gasteiger partial charge is 0.439 e. The molecule has 5 heteroatoms. The molecule has 0 spiro atoms. The standard InChI is InChI=1S/C18H27N3O2/c1-18(2,3)16(22)12-20-8-10-21(11-9-20)13-17-19-14-6-4-5-7-15(14)23-17/h4-7,16,22H,8-13H2,1-3H3/t16-/m0/s1. The molecule has 1 aliphatic heterocycles. The number of rotatable bonds is 4. The van der Waals surface area contributed by atoms with E-state index < -0.39 is 0 Å². The number of hydrogen-bond acceptors (Lipinski definition) is 5. The van der Waals surface area contributed by atoms with E-state index >= 15 is 0 Å².